The van der Waals surface area contributed by atoms with Crippen molar-refractivity contribution < 1.29 is 38.2 Å². The fourth-order valence-corrected chi connectivity index (χ4v) is 6.49. The first kappa shape index (κ1) is 52.6. The van der Waals surface area contributed by atoms with Gasteiger partial charge in [0.05, 0.1) is 34.4 Å². The maximum atomic E-state index is 12.7. The van der Waals surface area contributed by atoms with Crippen LogP contribution in [0, 0.1) is 0 Å². The quantitative estimate of drug-likeness (QED) is 0.0217. The summed E-state index contributed by atoms with van der Waals surface area (Å²) in [4.78, 5) is 37.0. The molecule has 0 aromatic heterocycles. The minimum absolute atomic E-state index is 0.0550. The largest absolute Gasteiger partial charge is 0.477 e. The first-order valence-electron chi connectivity index (χ1n) is 22.5. The minimum Gasteiger partial charge on any atom is -0.477 e. The molecule has 8 heteroatoms. The van der Waals surface area contributed by atoms with E-state index in [9.17, 15) is 19.5 Å². The van der Waals surface area contributed by atoms with E-state index in [2.05, 4.69) is 50.3 Å². The van der Waals surface area contributed by atoms with Gasteiger partial charge in [-0.05, 0) is 64.2 Å². The van der Waals surface area contributed by atoms with E-state index in [0.29, 0.717) is 19.3 Å². The molecule has 320 valence electrons. The SMILES string of the molecule is CCCCC/C=C/C=C/CCCCCCCCC(=O)OCC(COCCC(C(=O)O)[N+](C)(C)C)OC(=O)CCCCCCC/C=C/CCCCCCCCC. The number of quaternary nitrogens is 1. The van der Waals surface area contributed by atoms with E-state index in [1.54, 1.807) is 0 Å². The first-order valence-corrected chi connectivity index (χ1v) is 22.5. The number of aliphatic carboxylic acids is 1. The fourth-order valence-electron chi connectivity index (χ4n) is 6.49. The lowest BCUT2D eigenvalue weighted by atomic mass is 10.1. The summed E-state index contributed by atoms with van der Waals surface area (Å²) in [5, 5.41) is 9.62. The van der Waals surface area contributed by atoms with Crippen molar-refractivity contribution in [2.24, 2.45) is 0 Å². The molecule has 0 heterocycles. The molecule has 8 nitrogen and oxygen atoms in total. The minimum atomic E-state index is -0.878. The van der Waals surface area contributed by atoms with Gasteiger partial charge in [0.1, 0.15) is 6.61 Å². The zero-order valence-electron chi connectivity index (χ0n) is 36.4. The number of hydrogen-bond donors (Lipinski definition) is 1. The van der Waals surface area contributed by atoms with Gasteiger partial charge in [0.15, 0.2) is 12.1 Å². The van der Waals surface area contributed by atoms with Crippen molar-refractivity contribution in [2.45, 2.75) is 206 Å². The summed E-state index contributed by atoms with van der Waals surface area (Å²) >= 11 is 0. The third-order valence-electron chi connectivity index (χ3n) is 10.0. The summed E-state index contributed by atoms with van der Waals surface area (Å²) in [6.45, 7) is 4.69. The lowest BCUT2D eigenvalue weighted by Crippen LogP contribution is -2.50. The highest BCUT2D eigenvalue weighted by Crippen LogP contribution is 2.14. The second-order valence-corrected chi connectivity index (χ2v) is 16.3. The number of unbranched alkanes of at least 4 members (excludes halogenated alkanes) is 21. The molecular weight excluding hydrogens is 691 g/mol. The monoisotopic (exact) mass is 777 g/mol. The lowest BCUT2D eigenvalue weighted by molar-refractivity contribution is -0.887. The number of hydrogen-bond acceptors (Lipinski definition) is 6. The molecule has 0 radical (unpaired) electrons. The van der Waals surface area contributed by atoms with Crippen molar-refractivity contribution in [1.82, 2.24) is 0 Å². The van der Waals surface area contributed by atoms with Crippen LogP contribution in [0.15, 0.2) is 36.5 Å². The van der Waals surface area contributed by atoms with E-state index in [4.69, 9.17) is 14.2 Å². The van der Waals surface area contributed by atoms with Gasteiger partial charge in [-0.15, -0.1) is 0 Å². The van der Waals surface area contributed by atoms with Crippen LogP contribution >= 0.6 is 0 Å². The van der Waals surface area contributed by atoms with Crippen LogP contribution in [-0.4, -0.2) is 80.6 Å². The van der Waals surface area contributed by atoms with Crippen LogP contribution in [0.3, 0.4) is 0 Å². The molecule has 0 fully saturated rings. The Morgan fingerprint density at radius 2 is 0.964 bits per heavy atom. The highest BCUT2D eigenvalue weighted by molar-refractivity contribution is 5.72. The molecule has 0 aliphatic heterocycles. The van der Waals surface area contributed by atoms with Gasteiger partial charge in [0.25, 0.3) is 0 Å². The van der Waals surface area contributed by atoms with Crippen LogP contribution in [0.25, 0.3) is 0 Å². The number of allylic oxidation sites excluding steroid dienone is 6. The Bertz CT molecular complexity index is 1000. The van der Waals surface area contributed by atoms with Crippen molar-refractivity contribution in [2.75, 3.05) is 41.0 Å². The molecular formula is C47H86NO7+. The maximum Gasteiger partial charge on any atom is 0.362 e. The Kier molecular flexibility index (Phi) is 36.7. The molecule has 0 aliphatic rings. The maximum absolute atomic E-state index is 12.7. The van der Waals surface area contributed by atoms with Gasteiger partial charge in [0.2, 0.25) is 0 Å². The van der Waals surface area contributed by atoms with E-state index in [0.717, 1.165) is 57.8 Å². The zero-order chi connectivity index (χ0) is 40.7. The molecule has 0 aromatic rings. The standard InChI is InChI=1S/C47H85NO7/c1-6-8-10-12-14-16-18-20-22-24-26-28-30-32-34-36-38-46(50)55-43(41-53-40-39-44(47(51)52)48(3,4)5)42-54-45(49)37-35-33-31-29-27-25-23-21-19-17-15-13-11-9-7-2/h15,17,19,21-22,24,43-44H,6-14,16,18,20,23,25-42H2,1-5H3/p+1/b17-15+,21-19+,24-22+. The van der Waals surface area contributed by atoms with Gasteiger partial charge in [0, 0.05) is 19.3 Å². The highest BCUT2D eigenvalue weighted by Gasteiger charge is 2.31. The van der Waals surface area contributed by atoms with Crippen LogP contribution in [0.4, 0.5) is 0 Å². The van der Waals surface area contributed by atoms with Crippen LogP contribution < -0.4 is 0 Å². The molecule has 1 N–H and O–H groups in total. The summed E-state index contributed by atoms with van der Waals surface area (Å²) < 4.78 is 17.3. The number of ether oxygens (including phenoxy) is 3. The van der Waals surface area contributed by atoms with Crippen molar-refractivity contribution in [3.8, 4) is 0 Å². The van der Waals surface area contributed by atoms with Crippen LogP contribution in [0.5, 0.6) is 0 Å². The van der Waals surface area contributed by atoms with Gasteiger partial charge in [-0.25, -0.2) is 4.79 Å². The lowest BCUT2D eigenvalue weighted by Gasteiger charge is -2.31. The molecule has 0 spiro atoms. The summed E-state index contributed by atoms with van der Waals surface area (Å²) in [5.74, 6) is -1.49. The average molecular weight is 777 g/mol. The van der Waals surface area contributed by atoms with Crippen molar-refractivity contribution >= 4 is 17.9 Å². The van der Waals surface area contributed by atoms with Gasteiger partial charge >= 0.3 is 17.9 Å². The van der Waals surface area contributed by atoms with E-state index in [1.807, 2.05) is 21.1 Å². The van der Waals surface area contributed by atoms with Crippen molar-refractivity contribution in [1.29, 1.82) is 0 Å². The third-order valence-corrected chi connectivity index (χ3v) is 10.0. The topological polar surface area (TPSA) is 99.1 Å². The van der Waals surface area contributed by atoms with Gasteiger partial charge in [-0.2, -0.15) is 0 Å². The Morgan fingerprint density at radius 3 is 1.45 bits per heavy atom. The molecule has 0 saturated carbocycles. The molecule has 55 heavy (non-hydrogen) atoms. The number of rotatable bonds is 40. The molecule has 2 unspecified atom stereocenters. The molecule has 0 aliphatic carbocycles. The number of nitrogens with zero attached hydrogens (tertiary/aromatic N) is 1. The number of carbonyl (C=O) groups is 3. The number of likely N-dealkylation sites (N-methyl/N-ethyl adjacent to an activating group) is 1. The Labute approximate surface area is 338 Å². The Balaban J connectivity index is 4.37. The molecule has 2 atom stereocenters. The normalized spacial score (nSPS) is 13.3. The molecule has 0 aromatic carbocycles. The average Bonchev–Trinajstić information content (AvgIpc) is 3.14. The number of carbonyl (C=O) groups excluding carboxylic acids is 2. The Morgan fingerprint density at radius 1 is 0.545 bits per heavy atom. The number of esters is 2. The highest BCUT2D eigenvalue weighted by atomic mass is 16.6. The van der Waals surface area contributed by atoms with E-state index >= 15 is 0 Å². The van der Waals surface area contributed by atoms with Crippen molar-refractivity contribution in [3.63, 3.8) is 0 Å². The van der Waals surface area contributed by atoms with Crippen LogP contribution in [0.2, 0.25) is 0 Å². The van der Waals surface area contributed by atoms with Gasteiger partial charge in [-0.1, -0.05) is 147 Å². The van der Waals surface area contributed by atoms with E-state index in [-0.39, 0.29) is 36.2 Å². The van der Waals surface area contributed by atoms with Crippen LogP contribution in [-0.2, 0) is 28.6 Å². The van der Waals surface area contributed by atoms with Crippen LogP contribution in [0.1, 0.15) is 194 Å². The predicted molar refractivity (Wildman–Crippen MR) is 229 cm³/mol. The summed E-state index contributed by atoms with van der Waals surface area (Å²) in [6.07, 6.45) is 43.2. The smallest absolute Gasteiger partial charge is 0.362 e. The summed E-state index contributed by atoms with van der Waals surface area (Å²) in [6, 6.07) is -0.617. The van der Waals surface area contributed by atoms with E-state index in [1.165, 1.54) is 103 Å². The number of carboxylic acids is 1. The van der Waals surface area contributed by atoms with E-state index < -0.39 is 18.1 Å². The Hall–Kier alpha value is -2.45. The molecule has 0 rings (SSSR count). The zero-order valence-corrected chi connectivity index (χ0v) is 36.4. The number of carboxylic acid groups (broad SMARTS) is 1. The van der Waals surface area contributed by atoms with Crippen molar-refractivity contribution in [3.05, 3.63) is 36.5 Å². The first-order chi connectivity index (χ1) is 26.6. The third kappa shape index (κ3) is 36.9. The second-order valence-electron chi connectivity index (χ2n) is 16.3. The van der Waals surface area contributed by atoms with Gasteiger partial charge < -0.3 is 23.8 Å². The molecule has 0 bridgehead atoms. The second kappa shape index (κ2) is 38.4. The summed E-state index contributed by atoms with van der Waals surface area (Å²) in [7, 11) is 5.52. The molecule has 0 saturated heterocycles. The fraction of sp³-hybridized carbons (Fsp3) is 0.809. The predicted octanol–water partition coefficient (Wildman–Crippen LogP) is 12.2. The molecule has 0 amide bonds. The summed E-state index contributed by atoms with van der Waals surface area (Å²) in [5.41, 5.74) is 0. The van der Waals surface area contributed by atoms with Gasteiger partial charge in [-0.3, -0.25) is 9.59 Å².